The molecule has 0 aliphatic carbocycles. The molecule has 20 heavy (non-hydrogen) atoms. The first kappa shape index (κ1) is 14.1. The summed E-state index contributed by atoms with van der Waals surface area (Å²) in [6.07, 6.45) is 0.826. The Morgan fingerprint density at radius 2 is 1.90 bits per heavy atom. The van der Waals surface area contributed by atoms with Gasteiger partial charge in [0.15, 0.2) is 0 Å². The second kappa shape index (κ2) is 6.24. The number of phenols is 1. The van der Waals surface area contributed by atoms with Gasteiger partial charge in [-0.15, -0.1) is 0 Å². The number of benzene rings is 2. The molecular formula is C17H19NO2. The number of carbonyl (C=O) groups is 1. The number of amides is 1. The Kier molecular flexibility index (Phi) is 4.41. The molecule has 0 saturated carbocycles. The number of carbonyl (C=O) groups excluding carboxylic acids is 1. The summed E-state index contributed by atoms with van der Waals surface area (Å²) in [6.45, 7) is 3.82. The fourth-order valence-electron chi connectivity index (χ4n) is 2.14. The van der Waals surface area contributed by atoms with Gasteiger partial charge in [0, 0.05) is 5.56 Å². The minimum atomic E-state index is -0.121. The first-order valence-electron chi connectivity index (χ1n) is 6.77. The molecule has 2 rings (SSSR count). The van der Waals surface area contributed by atoms with E-state index in [0.717, 1.165) is 12.0 Å². The third-order valence-electron chi connectivity index (χ3n) is 3.37. The molecule has 3 nitrogen and oxygen atoms in total. The van der Waals surface area contributed by atoms with E-state index in [4.69, 9.17) is 0 Å². The highest BCUT2D eigenvalue weighted by Gasteiger charge is 2.14. The fraction of sp³-hybridized carbons (Fsp3) is 0.235. The van der Waals surface area contributed by atoms with Crippen LogP contribution in [0.15, 0.2) is 48.5 Å². The monoisotopic (exact) mass is 269 g/mol. The van der Waals surface area contributed by atoms with Gasteiger partial charge in [-0.05, 0) is 42.7 Å². The molecule has 3 heteroatoms. The van der Waals surface area contributed by atoms with Crippen LogP contribution < -0.4 is 5.32 Å². The summed E-state index contributed by atoms with van der Waals surface area (Å²) in [4.78, 5) is 12.3. The van der Waals surface area contributed by atoms with Crippen molar-refractivity contribution in [3.8, 4) is 5.75 Å². The maximum Gasteiger partial charge on any atom is 0.251 e. The topological polar surface area (TPSA) is 49.3 Å². The number of nitrogens with one attached hydrogen (secondary N) is 1. The molecule has 0 spiro atoms. The molecule has 0 bridgehead atoms. The van der Waals surface area contributed by atoms with Crippen LogP contribution in [0.4, 0.5) is 0 Å². The van der Waals surface area contributed by atoms with Gasteiger partial charge in [-0.2, -0.15) is 0 Å². The number of rotatable bonds is 4. The molecule has 0 aromatic heterocycles. The lowest BCUT2D eigenvalue weighted by Gasteiger charge is -2.17. The second-order valence-corrected chi connectivity index (χ2v) is 4.85. The SMILES string of the molecule is CCC(NC(=O)c1ccc(O)c(C)c1)c1ccccc1. The molecule has 1 atom stereocenters. The molecule has 2 aromatic rings. The molecule has 0 heterocycles. The van der Waals surface area contributed by atoms with E-state index in [1.165, 1.54) is 0 Å². The third-order valence-corrected chi connectivity index (χ3v) is 3.37. The van der Waals surface area contributed by atoms with Crippen molar-refractivity contribution in [2.24, 2.45) is 0 Å². The predicted molar refractivity (Wildman–Crippen MR) is 79.8 cm³/mol. The Bertz CT molecular complexity index is 593. The maximum absolute atomic E-state index is 12.3. The quantitative estimate of drug-likeness (QED) is 0.891. The van der Waals surface area contributed by atoms with Crippen molar-refractivity contribution in [2.75, 3.05) is 0 Å². The van der Waals surface area contributed by atoms with Crippen LogP contribution in [-0.2, 0) is 0 Å². The highest BCUT2D eigenvalue weighted by molar-refractivity contribution is 5.94. The molecule has 1 unspecified atom stereocenters. The van der Waals surface area contributed by atoms with Gasteiger partial charge < -0.3 is 10.4 Å². The number of hydrogen-bond acceptors (Lipinski definition) is 2. The Morgan fingerprint density at radius 3 is 2.50 bits per heavy atom. The van der Waals surface area contributed by atoms with Crippen LogP contribution in [0.3, 0.4) is 0 Å². The van der Waals surface area contributed by atoms with Gasteiger partial charge in [-0.3, -0.25) is 4.79 Å². The fourth-order valence-corrected chi connectivity index (χ4v) is 2.14. The summed E-state index contributed by atoms with van der Waals surface area (Å²) in [5.74, 6) is 0.0838. The largest absolute Gasteiger partial charge is 0.508 e. The van der Waals surface area contributed by atoms with Crippen LogP contribution in [0.25, 0.3) is 0 Å². The summed E-state index contributed by atoms with van der Waals surface area (Å²) < 4.78 is 0. The van der Waals surface area contributed by atoms with E-state index in [0.29, 0.717) is 11.1 Å². The Hall–Kier alpha value is -2.29. The summed E-state index contributed by atoms with van der Waals surface area (Å²) in [5.41, 5.74) is 2.36. The molecular weight excluding hydrogens is 250 g/mol. The first-order chi connectivity index (χ1) is 9.61. The van der Waals surface area contributed by atoms with Crippen LogP contribution in [0.2, 0.25) is 0 Å². The van der Waals surface area contributed by atoms with Crippen molar-refractivity contribution in [3.63, 3.8) is 0 Å². The molecule has 104 valence electrons. The summed E-state index contributed by atoms with van der Waals surface area (Å²) in [6, 6.07) is 14.8. The van der Waals surface area contributed by atoms with E-state index in [2.05, 4.69) is 5.32 Å². The summed E-state index contributed by atoms with van der Waals surface area (Å²) in [5, 5.41) is 12.5. The van der Waals surface area contributed by atoms with E-state index in [1.807, 2.05) is 37.3 Å². The lowest BCUT2D eigenvalue weighted by Crippen LogP contribution is -2.28. The van der Waals surface area contributed by atoms with E-state index in [9.17, 15) is 9.90 Å². The van der Waals surface area contributed by atoms with Gasteiger partial charge in [0.1, 0.15) is 5.75 Å². The predicted octanol–water partition coefficient (Wildman–Crippen LogP) is 3.58. The van der Waals surface area contributed by atoms with Crippen LogP contribution in [0.1, 0.15) is 40.9 Å². The van der Waals surface area contributed by atoms with Crippen LogP contribution in [0, 0.1) is 6.92 Å². The van der Waals surface area contributed by atoms with Crippen molar-refractivity contribution in [3.05, 3.63) is 65.2 Å². The number of aryl methyl sites for hydroxylation is 1. The van der Waals surface area contributed by atoms with Gasteiger partial charge in [-0.1, -0.05) is 37.3 Å². The maximum atomic E-state index is 12.3. The van der Waals surface area contributed by atoms with Crippen molar-refractivity contribution in [1.29, 1.82) is 0 Å². The molecule has 0 saturated heterocycles. The van der Waals surface area contributed by atoms with Crippen LogP contribution in [-0.4, -0.2) is 11.0 Å². The number of phenolic OH excluding ortho intramolecular Hbond substituents is 1. The minimum Gasteiger partial charge on any atom is -0.508 e. The summed E-state index contributed by atoms with van der Waals surface area (Å²) >= 11 is 0. The second-order valence-electron chi connectivity index (χ2n) is 4.85. The van der Waals surface area contributed by atoms with Crippen molar-refractivity contribution < 1.29 is 9.90 Å². The Balaban J connectivity index is 2.15. The smallest absolute Gasteiger partial charge is 0.251 e. The van der Waals surface area contributed by atoms with E-state index < -0.39 is 0 Å². The highest BCUT2D eigenvalue weighted by atomic mass is 16.3. The van der Waals surface area contributed by atoms with Crippen molar-refractivity contribution in [2.45, 2.75) is 26.3 Å². The molecule has 2 N–H and O–H groups in total. The van der Waals surface area contributed by atoms with Crippen LogP contribution in [0.5, 0.6) is 5.75 Å². The van der Waals surface area contributed by atoms with E-state index >= 15 is 0 Å². The van der Waals surface area contributed by atoms with Gasteiger partial charge in [-0.25, -0.2) is 0 Å². The van der Waals surface area contributed by atoms with Crippen LogP contribution >= 0.6 is 0 Å². The molecule has 0 aliphatic heterocycles. The standard InChI is InChI=1S/C17H19NO2/c1-3-15(13-7-5-4-6-8-13)18-17(20)14-9-10-16(19)12(2)11-14/h4-11,15,19H,3H2,1-2H3,(H,18,20). The molecule has 1 amide bonds. The van der Waals surface area contributed by atoms with Gasteiger partial charge in [0.25, 0.3) is 5.91 Å². The third kappa shape index (κ3) is 3.18. The van der Waals surface area contributed by atoms with E-state index in [1.54, 1.807) is 25.1 Å². The summed E-state index contributed by atoms with van der Waals surface area (Å²) in [7, 11) is 0. The average molecular weight is 269 g/mol. The van der Waals surface area contributed by atoms with Crippen molar-refractivity contribution >= 4 is 5.91 Å². The zero-order valence-electron chi connectivity index (χ0n) is 11.8. The van der Waals surface area contributed by atoms with Gasteiger partial charge >= 0.3 is 0 Å². The lowest BCUT2D eigenvalue weighted by molar-refractivity contribution is 0.0935. The highest BCUT2D eigenvalue weighted by Crippen LogP contribution is 2.19. The normalized spacial score (nSPS) is 11.9. The first-order valence-corrected chi connectivity index (χ1v) is 6.77. The number of aromatic hydroxyl groups is 1. The average Bonchev–Trinajstić information content (AvgIpc) is 2.48. The Labute approximate surface area is 119 Å². The van der Waals surface area contributed by atoms with E-state index in [-0.39, 0.29) is 17.7 Å². The Morgan fingerprint density at radius 1 is 1.20 bits per heavy atom. The molecule has 0 aliphatic rings. The minimum absolute atomic E-state index is 0.00203. The zero-order chi connectivity index (χ0) is 14.5. The zero-order valence-corrected chi connectivity index (χ0v) is 11.8. The van der Waals surface area contributed by atoms with Gasteiger partial charge in [0.05, 0.1) is 6.04 Å². The molecule has 2 aromatic carbocycles. The lowest BCUT2D eigenvalue weighted by atomic mass is 10.0. The van der Waals surface area contributed by atoms with Gasteiger partial charge in [0.2, 0.25) is 0 Å². The van der Waals surface area contributed by atoms with Crippen molar-refractivity contribution in [1.82, 2.24) is 5.32 Å². The number of hydrogen-bond donors (Lipinski definition) is 2. The molecule has 0 radical (unpaired) electrons. The molecule has 0 fully saturated rings.